The number of hydrogen-bond acceptors (Lipinski definition) is 4. The predicted molar refractivity (Wildman–Crippen MR) is 101 cm³/mol. The van der Waals surface area contributed by atoms with Gasteiger partial charge >= 0.3 is 0 Å². The summed E-state index contributed by atoms with van der Waals surface area (Å²) in [6.45, 7) is 1.58. The molecule has 26 heavy (non-hydrogen) atoms. The predicted octanol–water partition coefficient (Wildman–Crippen LogP) is 2.99. The van der Waals surface area contributed by atoms with Crippen LogP contribution in [0, 0.1) is 0 Å². The van der Waals surface area contributed by atoms with E-state index in [0.717, 1.165) is 41.6 Å². The van der Waals surface area contributed by atoms with Crippen LogP contribution >= 0.6 is 0 Å². The summed E-state index contributed by atoms with van der Waals surface area (Å²) in [7, 11) is 0. The number of rotatable bonds is 5. The maximum absolute atomic E-state index is 11.4. The molecular formula is C21H21N3O2. The highest BCUT2D eigenvalue weighted by molar-refractivity contribution is 5.95. The number of aromatic nitrogens is 1. The van der Waals surface area contributed by atoms with Crippen molar-refractivity contribution in [1.82, 2.24) is 10.3 Å². The third-order valence-corrected chi connectivity index (χ3v) is 4.79. The lowest BCUT2D eigenvalue weighted by Crippen LogP contribution is -2.29. The van der Waals surface area contributed by atoms with Gasteiger partial charge in [-0.25, -0.2) is 4.98 Å². The largest absolute Gasteiger partial charge is 0.493 e. The summed E-state index contributed by atoms with van der Waals surface area (Å²) in [6, 6.07) is 18.1. The first-order valence-corrected chi connectivity index (χ1v) is 8.86. The number of amides is 1. The molecule has 5 nitrogen and oxygen atoms in total. The topological polar surface area (TPSA) is 77.2 Å². The summed E-state index contributed by atoms with van der Waals surface area (Å²) >= 11 is 0. The van der Waals surface area contributed by atoms with Crippen molar-refractivity contribution in [2.24, 2.45) is 5.73 Å². The van der Waals surface area contributed by atoms with Gasteiger partial charge in [-0.1, -0.05) is 30.3 Å². The average molecular weight is 347 g/mol. The molecule has 132 valence electrons. The van der Waals surface area contributed by atoms with E-state index in [0.29, 0.717) is 6.61 Å². The molecule has 1 atom stereocenters. The van der Waals surface area contributed by atoms with E-state index in [1.54, 1.807) is 6.07 Å². The molecule has 0 saturated carbocycles. The van der Waals surface area contributed by atoms with Crippen molar-refractivity contribution in [3.63, 3.8) is 0 Å². The fourth-order valence-electron chi connectivity index (χ4n) is 3.50. The van der Waals surface area contributed by atoms with E-state index in [4.69, 9.17) is 10.5 Å². The Morgan fingerprint density at radius 3 is 2.81 bits per heavy atom. The fraction of sp³-hybridized carbons (Fsp3) is 0.238. The number of carbonyl (C=O) groups excluding carboxylic acids is 1. The molecule has 0 aliphatic carbocycles. The van der Waals surface area contributed by atoms with Gasteiger partial charge in [0.2, 0.25) is 0 Å². The lowest BCUT2D eigenvalue weighted by molar-refractivity contribution is 0.0996. The third kappa shape index (κ3) is 3.26. The summed E-state index contributed by atoms with van der Waals surface area (Å²) in [6.07, 6.45) is 1.88. The Morgan fingerprint density at radius 1 is 1.15 bits per heavy atom. The smallest absolute Gasteiger partial charge is 0.267 e. The van der Waals surface area contributed by atoms with E-state index in [1.165, 1.54) is 5.56 Å². The zero-order valence-corrected chi connectivity index (χ0v) is 14.4. The van der Waals surface area contributed by atoms with Crippen LogP contribution in [0.4, 0.5) is 0 Å². The van der Waals surface area contributed by atoms with Gasteiger partial charge in [-0.05, 0) is 42.8 Å². The van der Waals surface area contributed by atoms with Gasteiger partial charge in [0.1, 0.15) is 11.4 Å². The van der Waals surface area contributed by atoms with Crippen LogP contribution < -0.4 is 15.8 Å². The molecule has 0 spiro atoms. The molecular weight excluding hydrogens is 326 g/mol. The number of fused-ring (bicyclic) bond motifs is 3. The number of carbonyl (C=O) groups is 1. The van der Waals surface area contributed by atoms with Gasteiger partial charge in [0, 0.05) is 23.4 Å². The zero-order valence-electron chi connectivity index (χ0n) is 14.4. The number of nitrogens with zero attached hydrogens (tertiary/aromatic N) is 1. The molecule has 3 aromatic rings. The van der Waals surface area contributed by atoms with Gasteiger partial charge in [0.15, 0.2) is 0 Å². The van der Waals surface area contributed by atoms with E-state index in [1.807, 2.05) is 24.3 Å². The first kappa shape index (κ1) is 16.5. The first-order chi connectivity index (χ1) is 12.7. The lowest BCUT2D eigenvalue weighted by Gasteiger charge is -2.28. The molecule has 1 amide bonds. The normalized spacial score (nSPS) is 16.1. The van der Waals surface area contributed by atoms with E-state index < -0.39 is 5.91 Å². The molecule has 1 aliphatic rings. The number of benzene rings is 2. The average Bonchev–Trinajstić information content (AvgIpc) is 2.68. The van der Waals surface area contributed by atoms with Crippen molar-refractivity contribution >= 4 is 16.8 Å². The van der Waals surface area contributed by atoms with Crippen LogP contribution in [0.25, 0.3) is 10.9 Å². The van der Waals surface area contributed by atoms with Crippen LogP contribution in [0.3, 0.4) is 0 Å². The van der Waals surface area contributed by atoms with E-state index in [9.17, 15) is 4.79 Å². The summed E-state index contributed by atoms with van der Waals surface area (Å²) in [4.78, 5) is 15.8. The molecule has 3 N–H and O–H groups in total. The van der Waals surface area contributed by atoms with Gasteiger partial charge in [0.25, 0.3) is 5.91 Å². The molecule has 0 fully saturated rings. The molecule has 0 radical (unpaired) electrons. The highest BCUT2D eigenvalue weighted by Gasteiger charge is 2.24. The molecule has 1 aromatic heterocycles. The highest BCUT2D eigenvalue weighted by atomic mass is 16.5. The molecule has 2 heterocycles. The van der Waals surface area contributed by atoms with Crippen LogP contribution in [0.2, 0.25) is 0 Å². The molecule has 0 bridgehead atoms. The number of nitrogens with two attached hydrogens (primary N) is 1. The molecule has 5 heteroatoms. The van der Waals surface area contributed by atoms with Gasteiger partial charge in [-0.3, -0.25) is 4.79 Å². The molecule has 1 unspecified atom stereocenters. The summed E-state index contributed by atoms with van der Waals surface area (Å²) < 4.78 is 5.84. The summed E-state index contributed by atoms with van der Waals surface area (Å²) in [5.41, 5.74) is 8.83. The third-order valence-electron chi connectivity index (χ3n) is 4.79. The van der Waals surface area contributed by atoms with Crippen molar-refractivity contribution < 1.29 is 9.53 Å². The van der Waals surface area contributed by atoms with Crippen LogP contribution in [0.1, 0.15) is 34.1 Å². The maximum Gasteiger partial charge on any atom is 0.267 e. The fourth-order valence-corrected chi connectivity index (χ4v) is 3.50. The Balaban J connectivity index is 1.60. The van der Waals surface area contributed by atoms with Crippen LogP contribution in [-0.4, -0.2) is 24.0 Å². The minimum atomic E-state index is -0.515. The van der Waals surface area contributed by atoms with E-state index in [-0.39, 0.29) is 11.7 Å². The standard InChI is InChI=1S/C21H21N3O2/c22-21(25)18-7-6-15-16(24-18)8-9-19-20(15)17(11-13-26-19)23-12-10-14-4-2-1-3-5-14/h1-9,17,23H,10-13H2,(H2,22,25). The van der Waals surface area contributed by atoms with E-state index in [2.05, 4.69) is 34.6 Å². The monoisotopic (exact) mass is 347 g/mol. The Kier molecular flexibility index (Phi) is 4.54. The van der Waals surface area contributed by atoms with Crippen molar-refractivity contribution in [2.45, 2.75) is 18.9 Å². The zero-order chi connectivity index (χ0) is 17.9. The second-order valence-electron chi connectivity index (χ2n) is 6.48. The number of ether oxygens (including phenoxy) is 1. The number of nitrogens with one attached hydrogen (secondary N) is 1. The number of pyridine rings is 1. The summed E-state index contributed by atoms with van der Waals surface area (Å²) in [5, 5.41) is 4.66. The molecule has 0 saturated heterocycles. The maximum atomic E-state index is 11.4. The Hall–Kier alpha value is -2.92. The number of primary amides is 1. The Labute approximate surface area is 152 Å². The van der Waals surface area contributed by atoms with Gasteiger partial charge in [-0.15, -0.1) is 0 Å². The highest BCUT2D eigenvalue weighted by Crippen LogP contribution is 2.37. The Morgan fingerprint density at radius 2 is 2.00 bits per heavy atom. The van der Waals surface area contributed by atoms with Gasteiger partial charge in [0.05, 0.1) is 12.1 Å². The second kappa shape index (κ2) is 7.14. The SMILES string of the molecule is NC(=O)c1ccc2c3c(ccc2n1)OCCC3NCCc1ccccc1. The second-order valence-corrected chi connectivity index (χ2v) is 6.48. The van der Waals surface area contributed by atoms with Crippen molar-refractivity contribution in [3.05, 3.63) is 71.4 Å². The van der Waals surface area contributed by atoms with Crippen molar-refractivity contribution in [1.29, 1.82) is 0 Å². The van der Waals surface area contributed by atoms with Crippen molar-refractivity contribution in [3.8, 4) is 5.75 Å². The van der Waals surface area contributed by atoms with Gasteiger partial charge in [-0.2, -0.15) is 0 Å². The molecule has 2 aromatic carbocycles. The molecule has 1 aliphatic heterocycles. The Bertz CT molecular complexity index is 941. The lowest BCUT2D eigenvalue weighted by atomic mass is 9.95. The van der Waals surface area contributed by atoms with Crippen molar-refractivity contribution in [2.75, 3.05) is 13.2 Å². The minimum Gasteiger partial charge on any atom is -0.493 e. The summed E-state index contributed by atoms with van der Waals surface area (Å²) in [5.74, 6) is 0.369. The molecule has 4 rings (SSSR count). The quantitative estimate of drug-likeness (QED) is 0.744. The van der Waals surface area contributed by atoms with Crippen LogP contribution in [0.5, 0.6) is 5.75 Å². The van der Waals surface area contributed by atoms with E-state index >= 15 is 0 Å². The van der Waals surface area contributed by atoms with Gasteiger partial charge < -0.3 is 15.8 Å². The van der Waals surface area contributed by atoms with Crippen LogP contribution in [0.15, 0.2) is 54.6 Å². The number of hydrogen-bond donors (Lipinski definition) is 2. The van der Waals surface area contributed by atoms with Crippen LogP contribution in [-0.2, 0) is 6.42 Å². The first-order valence-electron chi connectivity index (χ1n) is 8.86. The minimum absolute atomic E-state index is 0.201.